The van der Waals surface area contributed by atoms with Crippen molar-refractivity contribution in [2.45, 2.75) is 20.3 Å². The van der Waals surface area contributed by atoms with Crippen LogP contribution in [0.4, 0.5) is 0 Å². The Balaban J connectivity index is 3.35. The van der Waals surface area contributed by atoms with Crippen molar-refractivity contribution in [1.82, 2.24) is 0 Å². The van der Waals surface area contributed by atoms with Crippen LogP contribution in [-0.4, -0.2) is 0 Å². The van der Waals surface area contributed by atoms with Crippen molar-refractivity contribution in [2.75, 3.05) is 0 Å². The number of nitrogens with one attached hydrogen (secondary N) is 1. The van der Waals surface area contributed by atoms with Gasteiger partial charge >= 0.3 is 0 Å². The molecular formula is C6H12IN. The van der Waals surface area contributed by atoms with Gasteiger partial charge in [0.25, 0.3) is 0 Å². The Kier molecular flexibility index (Phi) is 5.59. The Bertz CT molecular complexity index is 88.5. The predicted molar refractivity (Wildman–Crippen MR) is 45.3 cm³/mol. The van der Waals surface area contributed by atoms with Gasteiger partial charge in [0, 0.05) is 21.0 Å². The van der Waals surface area contributed by atoms with E-state index in [4.69, 9.17) is 3.56 Å². The topological polar surface area (TPSA) is 23.9 Å². The summed E-state index contributed by atoms with van der Waals surface area (Å²) in [5.74, 6) is 0.681. The van der Waals surface area contributed by atoms with Gasteiger partial charge in [-0.25, -0.2) is 0 Å². The van der Waals surface area contributed by atoms with Crippen LogP contribution in [0.2, 0.25) is 0 Å². The van der Waals surface area contributed by atoms with Crippen molar-refractivity contribution in [1.29, 1.82) is 3.56 Å². The highest BCUT2D eigenvalue weighted by Gasteiger charge is 1.87. The van der Waals surface area contributed by atoms with Gasteiger partial charge in [-0.2, -0.15) is 0 Å². The van der Waals surface area contributed by atoms with Crippen LogP contribution in [0.3, 0.4) is 0 Å². The average Bonchev–Trinajstić information content (AvgIpc) is 1.83. The molecule has 0 saturated heterocycles. The second-order valence-corrected chi connectivity index (χ2v) is 3.16. The van der Waals surface area contributed by atoms with Crippen molar-refractivity contribution in [3.63, 3.8) is 0 Å². The van der Waals surface area contributed by atoms with Crippen molar-refractivity contribution in [3.8, 4) is 0 Å². The largest absolute Gasteiger partial charge is 0.274 e. The molecule has 48 valence electrons. The molecule has 0 aromatic heterocycles. The summed E-state index contributed by atoms with van der Waals surface area (Å²) in [5.41, 5.74) is 0. The standard InChI is InChI=1S/C6H12IN/c1-3-6(2)4-5-7-8/h4-6,8H,3H2,1-2H3/b5-4-. The Hall–Kier alpha value is 0.270. The summed E-state index contributed by atoms with van der Waals surface area (Å²) in [4.78, 5) is 0. The molecule has 1 atom stereocenters. The number of allylic oxidation sites excluding steroid dienone is 1. The summed E-state index contributed by atoms with van der Waals surface area (Å²) >= 11 is -0.363. The normalized spacial score (nSPS) is 14.8. The molecule has 0 radical (unpaired) electrons. The summed E-state index contributed by atoms with van der Waals surface area (Å²) < 4.78 is 8.90. The third-order valence-electron chi connectivity index (χ3n) is 1.11. The smallest absolute Gasteiger partial charge is 0.0126 e. The molecule has 0 rings (SSSR count). The Labute approximate surface area is 61.1 Å². The third kappa shape index (κ3) is 4.43. The van der Waals surface area contributed by atoms with Crippen LogP contribution in [-0.2, 0) is 0 Å². The molecule has 1 unspecified atom stereocenters. The van der Waals surface area contributed by atoms with Crippen LogP contribution in [0.25, 0.3) is 0 Å². The fourth-order valence-electron chi connectivity index (χ4n) is 0.297. The SMILES string of the molecule is CCC(C)/C=C\I=N. The summed E-state index contributed by atoms with van der Waals surface area (Å²) in [6, 6.07) is 0. The molecule has 1 N–H and O–H groups in total. The quantitative estimate of drug-likeness (QED) is 0.712. The van der Waals surface area contributed by atoms with E-state index in [1.54, 1.807) is 0 Å². The first-order valence-corrected chi connectivity index (χ1v) is 5.09. The van der Waals surface area contributed by atoms with Gasteiger partial charge in [0.1, 0.15) is 0 Å². The van der Waals surface area contributed by atoms with Gasteiger partial charge in [-0.3, -0.25) is 3.56 Å². The summed E-state index contributed by atoms with van der Waals surface area (Å²) in [7, 11) is 0. The lowest BCUT2D eigenvalue weighted by atomic mass is 10.1. The van der Waals surface area contributed by atoms with Crippen molar-refractivity contribution in [2.24, 2.45) is 5.92 Å². The van der Waals surface area contributed by atoms with E-state index in [2.05, 4.69) is 19.9 Å². The minimum Gasteiger partial charge on any atom is -0.274 e. The predicted octanol–water partition coefficient (Wildman–Crippen LogP) is 3.28. The van der Waals surface area contributed by atoms with Crippen molar-refractivity contribution in [3.05, 3.63) is 10.2 Å². The van der Waals surface area contributed by atoms with E-state index in [-0.39, 0.29) is 21.0 Å². The first-order valence-electron chi connectivity index (χ1n) is 2.77. The van der Waals surface area contributed by atoms with Gasteiger partial charge in [0.2, 0.25) is 0 Å². The molecular weight excluding hydrogens is 213 g/mol. The van der Waals surface area contributed by atoms with Gasteiger partial charge in [-0.15, -0.1) is 0 Å². The molecule has 2 heteroatoms. The van der Waals surface area contributed by atoms with E-state index in [1.807, 2.05) is 4.08 Å². The molecule has 0 bridgehead atoms. The molecule has 0 aliphatic rings. The Morgan fingerprint density at radius 2 is 2.38 bits per heavy atom. The van der Waals surface area contributed by atoms with Crippen LogP contribution in [0, 0.1) is 9.48 Å². The summed E-state index contributed by atoms with van der Waals surface area (Å²) in [6.07, 6.45) is 3.33. The number of hydrogen-bond donors (Lipinski definition) is 1. The Morgan fingerprint density at radius 3 is 2.75 bits per heavy atom. The van der Waals surface area contributed by atoms with Gasteiger partial charge in [-0.1, -0.05) is 26.3 Å². The molecule has 0 spiro atoms. The average molecular weight is 225 g/mol. The second-order valence-electron chi connectivity index (χ2n) is 1.81. The molecule has 0 fully saturated rings. The van der Waals surface area contributed by atoms with E-state index in [0.29, 0.717) is 5.92 Å². The molecule has 0 aromatic rings. The number of rotatable bonds is 3. The summed E-state index contributed by atoms with van der Waals surface area (Å²) in [5, 5.41) is 0. The molecule has 0 heterocycles. The number of hydrogen-bond acceptors (Lipinski definition) is 1. The fraction of sp³-hybridized carbons (Fsp3) is 0.667. The lowest BCUT2D eigenvalue weighted by Crippen LogP contribution is -1.81. The van der Waals surface area contributed by atoms with Crippen LogP contribution in [0.15, 0.2) is 10.2 Å². The lowest BCUT2D eigenvalue weighted by molar-refractivity contribution is 0.700. The van der Waals surface area contributed by atoms with Gasteiger partial charge < -0.3 is 0 Å². The van der Waals surface area contributed by atoms with E-state index < -0.39 is 0 Å². The maximum Gasteiger partial charge on any atom is 0.0126 e. The third-order valence-corrected chi connectivity index (χ3v) is 1.88. The first-order chi connectivity index (χ1) is 3.81. The van der Waals surface area contributed by atoms with Crippen LogP contribution < -0.4 is 0 Å². The molecule has 0 aliphatic carbocycles. The highest BCUT2D eigenvalue weighted by molar-refractivity contribution is 14.2. The molecule has 0 aromatic carbocycles. The zero-order valence-electron chi connectivity index (χ0n) is 5.32. The van der Waals surface area contributed by atoms with Crippen LogP contribution >= 0.6 is 21.0 Å². The molecule has 0 aliphatic heterocycles. The number of halogens is 1. The van der Waals surface area contributed by atoms with E-state index in [0.717, 1.165) is 0 Å². The van der Waals surface area contributed by atoms with Crippen LogP contribution in [0.1, 0.15) is 20.3 Å². The second kappa shape index (κ2) is 5.41. The van der Waals surface area contributed by atoms with E-state index >= 15 is 0 Å². The van der Waals surface area contributed by atoms with Gasteiger partial charge in [0.05, 0.1) is 0 Å². The highest BCUT2D eigenvalue weighted by atomic mass is 127. The van der Waals surface area contributed by atoms with E-state index in [1.165, 1.54) is 6.42 Å². The lowest BCUT2D eigenvalue weighted by Gasteiger charge is -1.95. The highest BCUT2D eigenvalue weighted by Crippen LogP contribution is 2.05. The Morgan fingerprint density at radius 1 is 1.75 bits per heavy atom. The van der Waals surface area contributed by atoms with Crippen LogP contribution in [0.5, 0.6) is 0 Å². The molecule has 1 nitrogen and oxygen atoms in total. The maximum atomic E-state index is 6.89. The first kappa shape index (κ1) is 8.27. The van der Waals surface area contributed by atoms with E-state index in [9.17, 15) is 0 Å². The minimum absolute atomic E-state index is 0.363. The molecule has 0 saturated carbocycles. The molecule has 0 amide bonds. The van der Waals surface area contributed by atoms with Crippen molar-refractivity contribution >= 4 is 21.0 Å². The zero-order chi connectivity index (χ0) is 6.41. The summed E-state index contributed by atoms with van der Waals surface area (Å²) in [6.45, 7) is 4.34. The van der Waals surface area contributed by atoms with Crippen molar-refractivity contribution < 1.29 is 0 Å². The fourth-order valence-corrected chi connectivity index (χ4v) is 1.21. The minimum atomic E-state index is -0.363. The van der Waals surface area contributed by atoms with Gasteiger partial charge in [0.15, 0.2) is 0 Å². The maximum absolute atomic E-state index is 6.89. The molecule has 8 heavy (non-hydrogen) atoms. The monoisotopic (exact) mass is 225 g/mol. The zero-order valence-corrected chi connectivity index (χ0v) is 7.47. The van der Waals surface area contributed by atoms with Gasteiger partial charge in [-0.05, 0) is 10.0 Å².